The molecule has 6 rings (SSSR count). The van der Waals surface area contributed by atoms with Gasteiger partial charge in [-0.2, -0.15) is 9.97 Å². The largest absolute Gasteiger partial charge is 0.481 e. The Kier molecular flexibility index (Phi) is 31.8. The topological polar surface area (TPSA) is 758 Å². The van der Waals surface area contributed by atoms with Gasteiger partial charge in [0.25, 0.3) is 17.4 Å². The first kappa shape index (κ1) is 84.7. The van der Waals surface area contributed by atoms with Gasteiger partial charge in [0.15, 0.2) is 27.8 Å². The number of H-pyrrole nitrogens is 2. The number of fused-ring (bicyclic) bond motifs is 2. The first-order valence-corrected chi connectivity index (χ1v) is 34.6. The van der Waals surface area contributed by atoms with Gasteiger partial charge in [-0.3, -0.25) is 79.2 Å². The molecule has 0 aliphatic carbocycles. The van der Waals surface area contributed by atoms with Crippen molar-refractivity contribution in [1.29, 1.82) is 5.41 Å². The summed E-state index contributed by atoms with van der Waals surface area (Å²) in [4.78, 5) is 234. The molecule has 0 spiro atoms. The number of nitrogens with two attached hydrogens (primary N) is 3. The van der Waals surface area contributed by atoms with Crippen molar-refractivity contribution in [3.05, 3.63) is 99.3 Å². The second-order valence-corrected chi connectivity index (χ2v) is 25.9. The minimum Gasteiger partial charge on any atom is -0.481 e. The van der Waals surface area contributed by atoms with Crippen LogP contribution in [0.1, 0.15) is 89.9 Å². The van der Waals surface area contributed by atoms with E-state index in [1.165, 1.54) is 60.9 Å². The summed E-state index contributed by atoms with van der Waals surface area (Å²) >= 11 is 0. The Morgan fingerprint density at radius 1 is 0.450 bits per heavy atom. The summed E-state index contributed by atoms with van der Waals surface area (Å²) in [5.74, 6) is -17.2. The summed E-state index contributed by atoms with van der Waals surface area (Å²) in [6.45, 7) is 0.130. The van der Waals surface area contributed by atoms with Crippen molar-refractivity contribution in [3.63, 3.8) is 0 Å². The van der Waals surface area contributed by atoms with Crippen LogP contribution < -0.4 is 87.0 Å². The quantitative estimate of drug-likeness (QED) is 0.00737. The van der Waals surface area contributed by atoms with E-state index in [0.29, 0.717) is 44.4 Å². The number of nitrogens with one attached hydrogen (secondary N) is 14. The summed E-state index contributed by atoms with van der Waals surface area (Å²) in [5.41, 5.74) is 14.7. The molecule has 0 saturated carbocycles. The normalized spacial score (nSPS) is 13.2. The van der Waals surface area contributed by atoms with Gasteiger partial charge in [-0.15, -0.1) is 0 Å². The molecule has 109 heavy (non-hydrogen) atoms. The van der Waals surface area contributed by atoms with Crippen LogP contribution >= 0.6 is 21.6 Å². The minimum atomic E-state index is -2.22. The number of rotatable bonds is 45. The van der Waals surface area contributed by atoms with Gasteiger partial charge in [0, 0.05) is 53.4 Å². The zero-order valence-electron chi connectivity index (χ0n) is 56.7. The van der Waals surface area contributed by atoms with E-state index in [0.717, 1.165) is 0 Å². The van der Waals surface area contributed by atoms with E-state index in [1.54, 1.807) is 0 Å². The average molecular weight is 1560 g/mol. The number of amides is 8. The lowest BCUT2D eigenvalue weighted by Gasteiger charge is -2.26. The monoisotopic (exact) mass is 1560 g/mol. The standard InChI is InChI=1S/C61H73N23O23S2/c62-46-44-47(82-60(63)81-46)68-21-29(71-44)19-66-27-7-3-25(4-8-27)50(94)77-33(57(102)103)12-14-40(86)74-37(58(104)105)23-108-109-24-38(59(106)107)80-54(98)36(18-43(91)92)79-53(97)35(17-42(89)90)78-51(95)31(2-1-15-70-65)75-52(96)34(16-41(87)88)73-39(85)13-11-32(56(100)101)76-49(93)26-5-9-28(10-6-26)67-20-30-22-69-48-45(72-30)55(99)84-61(64)83-48/h3-10,21-22,31-38,66-67,70H,1-2,11-20,23-24,65H2,(H,73,85)(H,74,86)(H,75,96)(H,76,93)(H,77,94)(H,78,95)(H,79,97)(H,80,98)(H,87,88)(H,89,90)(H,91,92)(H,100,101)(H,102,103)(H,104,105)(H,106,107)(H4,62,63,68,81,82)(H3,64,69,83,84,99)/t31-,32-,33-,34-,35-,36-,37-,38-/m0/s1. The highest BCUT2D eigenvalue weighted by atomic mass is 33.1. The van der Waals surface area contributed by atoms with Crippen LogP contribution in [-0.4, -0.2) is 231 Å². The van der Waals surface area contributed by atoms with Crippen LogP contribution in [0.3, 0.4) is 0 Å². The number of carbonyl (C=O) groups is 15. The Labute approximate surface area is 619 Å². The Morgan fingerprint density at radius 2 is 0.817 bits per heavy atom. The van der Waals surface area contributed by atoms with Gasteiger partial charge in [-0.05, 0) is 74.2 Å². The van der Waals surface area contributed by atoms with Gasteiger partial charge < -0.3 is 105 Å². The number of aliphatic carboxylic acids is 7. The molecule has 8 amide bonds. The number of nitrogens with zero attached hydrogens (tertiary/aromatic N) is 6. The number of anilines is 4. The number of hydrogen-bond donors (Lipinski definition) is 24. The number of carboxylic acid groups (broad SMARTS) is 7. The van der Waals surface area contributed by atoms with Crippen molar-refractivity contribution in [2.24, 2.45) is 5.84 Å². The van der Waals surface area contributed by atoms with Crippen LogP contribution in [0.25, 0.3) is 22.3 Å². The zero-order valence-corrected chi connectivity index (χ0v) is 58.3. The smallest absolute Gasteiger partial charge is 0.327 e. The van der Waals surface area contributed by atoms with Gasteiger partial charge in [0.2, 0.25) is 47.3 Å². The summed E-state index contributed by atoms with van der Waals surface area (Å²) in [6.07, 6.45) is -3.98. The number of aromatic nitrogens is 8. The number of carboxylic acids is 7. The molecule has 0 unspecified atom stereocenters. The van der Waals surface area contributed by atoms with Gasteiger partial charge in [0.05, 0.1) is 56.1 Å². The maximum Gasteiger partial charge on any atom is 0.327 e. The molecule has 0 fully saturated rings. The van der Waals surface area contributed by atoms with E-state index in [1.807, 2.05) is 16.0 Å². The average Bonchev–Trinajstić information content (AvgIpc) is 0.816. The van der Waals surface area contributed by atoms with Gasteiger partial charge in [-0.1, -0.05) is 21.6 Å². The first-order valence-electron chi connectivity index (χ1n) is 32.1. The fourth-order valence-electron chi connectivity index (χ4n) is 9.59. The molecule has 4 heterocycles. The molecule has 46 nitrogen and oxygen atoms in total. The molecular weight excluding hydrogens is 1490 g/mol. The van der Waals surface area contributed by atoms with Crippen molar-refractivity contribution in [2.45, 2.75) is 119 Å². The molecule has 6 aromatic rings. The summed E-state index contributed by atoms with van der Waals surface area (Å²) < 4.78 is 0. The van der Waals surface area contributed by atoms with Crippen molar-refractivity contribution in [2.75, 3.05) is 40.2 Å². The predicted molar refractivity (Wildman–Crippen MR) is 378 cm³/mol. The highest BCUT2D eigenvalue weighted by Crippen LogP contribution is 2.24. The van der Waals surface area contributed by atoms with Crippen molar-refractivity contribution in [1.82, 2.24) is 87.8 Å². The van der Waals surface area contributed by atoms with Crippen molar-refractivity contribution >= 4 is 156 Å². The number of carbonyl (C=O) groups excluding carboxylic acids is 8. The lowest BCUT2D eigenvalue weighted by atomic mass is 10.1. The molecule has 0 aliphatic rings. The van der Waals surface area contributed by atoms with Crippen LogP contribution in [0.5, 0.6) is 0 Å². The van der Waals surface area contributed by atoms with Crippen LogP contribution in [0.4, 0.5) is 23.3 Å². The molecule has 4 aromatic heterocycles. The van der Waals surface area contributed by atoms with Crippen LogP contribution in [0, 0.1) is 5.41 Å². The summed E-state index contributed by atoms with van der Waals surface area (Å²) in [6, 6.07) is -3.93. The van der Waals surface area contributed by atoms with Crippen LogP contribution in [0.2, 0.25) is 0 Å². The molecular formula is C61H73N23O23S2. The third-order valence-corrected chi connectivity index (χ3v) is 17.5. The molecule has 27 N–H and O–H groups in total. The van der Waals surface area contributed by atoms with E-state index in [-0.39, 0.29) is 76.9 Å². The van der Waals surface area contributed by atoms with E-state index in [4.69, 9.17) is 22.7 Å². The molecule has 0 radical (unpaired) electrons. The number of hydrogen-bond acceptors (Lipinski definition) is 31. The highest BCUT2D eigenvalue weighted by molar-refractivity contribution is 8.76. The number of nitrogen functional groups attached to an aromatic ring is 2. The summed E-state index contributed by atoms with van der Waals surface area (Å²) in [5, 5.41) is 100.0. The molecule has 582 valence electrons. The third-order valence-electron chi connectivity index (χ3n) is 15.1. The van der Waals surface area contributed by atoms with E-state index < -0.39 is 206 Å². The molecule has 0 aliphatic heterocycles. The van der Waals surface area contributed by atoms with Crippen molar-refractivity contribution in [3.8, 4) is 0 Å². The highest BCUT2D eigenvalue weighted by Gasteiger charge is 2.36. The Bertz CT molecular complexity index is 4540. The number of hydrazine groups is 1. The Balaban J connectivity index is 0.980. The van der Waals surface area contributed by atoms with Crippen LogP contribution in [0.15, 0.2) is 65.7 Å². The van der Waals surface area contributed by atoms with Crippen LogP contribution in [-0.2, 0) is 75.4 Å². The molecule has 2 aromatic carbocycles. The zero-order chi connectivity index (χ0) is 80.2. The Hall–Kier alpha value is -13.3. The van der Waals surface area contributed by atoms with E-state index >= 15 is 0 Å². The fraction of sp³-hybridized carbons (Fsp3) is 0.361. The lowest BCUT2D eigenvalue weighted by Crippen LogP contribution is -2.59. The SMILES string of the molecule is N=c1[nH]c(N)nc2ncc(CNc3ccc(C(=O)N[C@@H](CCC(=O)N[C@@H](CSSC[C@H](NC(=O)[C@H](CC(=O)O)NC(=O)[C@H](CC(=O)O)NC(=O)[C@H](CCCNN)NC(=O)[C@H](CC(=O)O)NC(=O)CC[C@H](NC(=O)c4ccc(NCc5cnc6nc(N)[nH]c(=O)c6n5)cc4)C(=O)O)C(=O)O)C(=O)O)C(=O)O)cc3)nc12. The molecule has 8 atom stereocenters. The van der Waals surface area contributed by atoms with Gasteiger partial charge >= 0.3 is 41.8 Å². The Morgan fingerprint density at radius 3 is 1.24 bits per heavy atom. The second kappa shape index (κ2) is 40.9. The van der Waals surface area contributed by atoms with E-state index in [9.17, 15) is 112 Å². The van der Waals surface area contributed by atoms with Crippen molar-refractivity contribution < 1.29 is 108 Å². The number of benzene rings is 2. The molecule has 48 heteroatoms. The second-order valence-electron chi connectivity index (χ2n) is 23.3. The lowest BCUT2D eigenvalue weighted by molar-refractivity contribution is -0.144. The van der Waals surface area contributed by atoms with Gasteiger partial charge in [0.1, 0.15) is 48.3 Å². The third kappa shape index (κ3) is 27.3. The fourth-order valence-corrected chi connectivity index (χ4v) is 11.9. The van der Waals surface area contributed by atoms with E-state index in [2.05, 4.69) is 82.5 Å². The maximum absolute atomic E-state index is 13.9. The maximum atomic E-state index is 13.9. The molecule has 0 bridgehead atoms. The van der Waals surface area contributed by atoms with Gasteiger partial charge in [-0.25, -0.2) is 39.1 Å². The number of aromatic amines is 2. The summed E-state index contributed by atoms with van der Waals surface area (Å²) in [7, 11) is 1.29. The first-order chi connectivity index (χ1) is 51.7. The molecule has 0 saturated heterocycles. The predicted octanol–water partition coefficient (Wildman–Crippen LogP) is -5.00. The minimum absolute atomic E-state index is 0.0154.